The third-order valence-electron chi connectivity index (χ3n) is 6.49. The Bertz CT molecular complexity index is 1390. The molecule has 0 saturated carbocycles. The minimum Gasteiger partial charge on any atom is -0.486 e. The van der Waals surface area contributed by atoms with Crippen molar-refractivity contribution in [1.29, 1.82) is 0 Å². The number of sulfonamides is 1. The molecule has 1 amide bonds. The number of fused-ring (bicyclic) bond motifs is 2. The number of carbonyl (C=O) groups excluding carboxylic acids is 1. The Balaban J connectivity index is 1.32. The van der Waals surface area contributed by atoms with Crippen LogP contribution < -0.4 is 14.2 Å². The average molecular weight is 496 g/mol. The predicted molar refractivity (Wildman–Crippen MR) is 134 cm³/mol. The Labute approximate surface area is 205 Å². The molecule has 1 atom stereocenters. The fourth-order valence-corrected chi connectivity index (χ4v) is 5.90. The van der Waals surface area contributed by atoms with Gasteiger partial charge in [0.05, 0.1) is 4.90 Å². The van der Waals surface area contributed by atoms with Crippen LogP contribution in [0.5, 0.6) is 11.5 Å². The lowest BCUT2D eigenvalue weighted by Crippen LogP contribution is -2.52. The van der Waals surface area contributed by atoms with Gasteiger partial charge in [-0.05, 0) is 36.1 Å². The van der Waals surface area contributed by atoms with Gasteiger partial charge in [-0.2, -0.15) is 4.72 Å². The third kappa shape index (κ3) is 4.66. The average Bonchev–Trinajstić information content (AvgIpc) is 3.31. The molecule has 0 saturated heterocycles. The third-order valence-corrected chi connectivity index (χ3v) is 7.93. The van der Waals surface area contributed by atoms with E-state index in [1.165, 1.54) is 17.7 Å². The molecule has 5 rings (SSSR count). The Morgan fingerprint density at radius 1 is 1.09 bits per heavy atom. The fourth-order valence-electron chi connectivity index (χ4n) is 4.55. The van der Waals surface area contributed by atoms with Crippen molar-refractivity contribution >= 4 is 32.4 Å². The van der Waals surface area contributed by atoms with Gasteiger partial charge in [0.1, 0.15) is 19.3 Å². The van der Waals surface area contributed by atoms with Gasteiger partial charge in [-0.3, -0.25) is 4.79 Å². The standard InChI is InChI=1S/C26H29N3O5S/c1-17(2)25(28-35(31,32)19-7-8-23-24(15-19)34-14-13-33-23)26(30)29-11-9-18(10-12-29)21-16-27-22-6-4-3-5-20(21)22/h3-9,15-17,25,27-28H,10-14H2,1-2H3. The molecule has 2 aromatic carbocycles. The van der Waals surface area contributed by atoms with E-state index in [2.05, 4.69) is 21.8 Å². The minimum atomic E-state index is -3.94. The fraction of sp³-hybridized carbons (Fsp3) is 0.346. The van der Waals surface area contributed by atoms with E-state index >= 15 is 0 Å². The van der Waals surface area contributed by atoms with Crippen LogP contribution in [0.3, 0.4) is 0 Å². The number of nitrogens with one attached hydrogen (secondary N) is 2. The second-order valence-electron chi connectivity index (χ2n) is 9.16. The molecule has 3 aromatic rings. The van der Waals surface area contributed by atoms with Crippen LogP contribution in [0.15, 0.2) is 59.6 Å². The molecule has 1 aromatic heterocycles. The van der Waals surface area contributed by atoms with Crippen molar-refractivity contribution in [3.63, 3.8) is 0 Å². The molecule has 0 radical (unpaired) electrons. The van der Waals surface area contributed by atoms with E-state index in [0.717, 1.165) is 16.5 Å². The van der Waals surface area contributed by atoms with Gasteiger partial charge in [-0.1, -0.05) is 38.1 Å². The van der Waals surface area contributed by atoms with Gasteiger partial charge in [-0.15, -0.1) is 0 Å². The van der Waals surface area contributed by atoms with Gasteiger partial charge >= 0.3 is 0 Å². The van der Waals surface area contributed by atoms with E-state index < -0.39 is 16.1 Å². The lowest BCUT2D eigenvalue weighted by molar-refractivity contribution is -0.133. The summed E-state index contributed by atoms with van der Waals surface area (Å²) < 4.78 is 40.0. The van der Waals surface area contributed by atoms with Crippen LogP contribution in [0.1, 0.15) is 25.8 Å². The summed E-state index contributed by atoms with van der Waals surface area (Å²) in [6, 6.07) is 11.7. The summed E-state index contributed by atoms with van der Waals surface area (Å²) in [6.45, 7) is 5.42. The van der Waals surface area contributed by atoms with Gasteiger partial charge in [0.2, 0.25) is 15.9 Å². The number of hydrogen-bond acceptors (Lipinski definition) is 5. The molecule has 0 aliphatic carbocycles. The first-order chi connectivity index (χ1) is 16.8. The van der Waals surface area contributed by atoms with Crippen molar-refractivity contribution < 1.29 is 22.7 Å². The highest BCUT2D eigenvalue weighted by molar-refractivity contribution is 7.89. The first-order valence-corrected chi connectivity index (χ1v) is 13.3. The molecule has 2 aliphatic heterocycles. The van der Waals surface area contributed by atoms with E-state index in [1.54, 1.807) is 11.0 Å². The molecule has 2 N–H and O–H groups in total. The minimum absolute atomic E-state index is 0.0420. The van der Waals surface area contributed by atoms with Crippen molar-refractivity contribution in [3.8, 4) is 11.5 Å². The second-order valence-corrected chi connectivity index (χ2v) is 10.9. The number of nitrogens with zero attached hydrogens (tertiary/aromatic N) is 1. The first-order valence-electron chi connectivity index (χ1n) is 11.8. The molecule has 184 valence electrons. The molecular weight excluding hydrogens is 466 g/mol. The van der Waals surface area contributed by atoms with Gasteiger partial charge in [0, 0.05) is 41.8 Å². The van der Waals surface area contributed by atoms with E-state index in [1.807, 2.05) is 38.2 Å². The molecule has 0 fully saturated rings. The summed E-state index contributed by atoms with van der Waals surface area (Å²) in [7, 11) is -3.94. The largest absolute Gasteiger partial charge is 0.486 e. The lowest BCUT2D eigenvalue weighted by atomic mass is 9.97. The zero-order valence-electron chi connectivity index (χ0n) is 19.8. The molecule has 3 heterocycles. The number of hydrogen-bond donors (Lipinski definition) is 2. The highest BCUT2D eigenvalue weighted by Gasteiger charge is 2.33. The number of carbonyl (C=O) groups is 1. The predicted octanol–water partition coefficient (Wildman–Crippen LogP) is 3.56. The van der Waals surface area contributed by atoms with Crippen LogP contribution in [0.2, 0.25) is 0 Å². The van der Waals surface area contributed by atoms with Crippen LogP contribution in [0.25, 0.3) is 16.5 Å². The number of rotatable bonds is 6. The van der Waals surface area contributed by atoms with Crippen molar-refractivity contribution in [2.75, 3.05) is 26.3 Å². The molecule has 9 heteroatoms. The summed E-state index contributed by atoms with van der Waals surface area (Å²) in [5.41, 5.74) is 3.41. The van der Waals surface area contributed by atoms with E-state index in [0.29, 0.717) is 44.2 Å². The number of benzene rings is 2. The Morgan fingerprint density at radius 3 is 2.60 bits per heavy atom. The normalized spacial score (nSPS) is 16.9. The van der Waals surface area contributed by atoms with E-state index in [-0.39, 0.29) is 16.7 Å². The number of para-hydroxylation sites is 1. The summed E-state index contributed by atoms with van der Waals surface area (Å²) >= 11 is 0. The molecule has 2 aliphatic rings. The van der Waals surface area contributed by atoms with Crippen LogP contribution in [-0.4, -0.2) is 56.6 Å². The van der Waals surface area contributed by atoms with Gasteiger partial charge in [0.25, 0.3) is 0 Å². The number of aromatic nitrogens is 1. The van der Waals surface area contributed by atoms with Crippen molar-refractivity contribution in [2.24, 2.45) is 5.92 Å². The Kier molecular flexibility index (Phi) is 6.29. The lowest BCUT2D eigenvalue weighted by Gasteiger charge is -2.32. The first kappa shape index (κ1) is 23.4. The quantitative estimate of drug-likeness (QED) is 0.545. The second kappa shape index (κ2) is 9.39. The SMILES string of the molecule is CC(C)C(NS(=O)(=O)c1ccc2c(c1)OCCO2)C(=O)N1CC=C(c2c[nH]c3ccccc23)CC1. The number of amides is 1. The van der Waals surface area contributed by atoms with Crippen LogP contribution in [0, 0.1) is 5.92 Å². The van der Waals surface area contributed by atoms with E-state index in [9.17, 15) is 13.2 Å². The van der Waals surface area contributed by atoms with E-state index in [4.69, 9.17) is 9.47 Å². The van der Waals surface area contributed by atoms with Crippen LogP contribution in [0.4, 0.5) is 0 Å². The smallest absolute Gasteiger partial charge is 0.241 e. The maximum absolute atomic E-state index is 13.4. The summed E-state index contributed by atoms with van der Waals surface area (Å²) in [6.07, 6.45) is 4.77. The van der Waals surface area contributed by atoms with Gasteiger partial charge in [-0.25, -0.2) is 8.42 Å². The summed E-state index contributed by atoms with van der Waals surface area (Å²) in [4.78, 5) is 18.5. The van der Waals surface area contributed by atoms with Gasteiger partial charge in [0.15, 0.2) is 11.5 Å². The zero-order chi connectivity index (χ0) is 24.6. The highest BCUT2D eigenvalue weighted by Crippen LogP contribution is 2.33. The van der Waals surface area contributed by atoms with Gasteiger partial charge < -0.3 is 19.4 Å². The zero-order valence-corrected chi connectivity index (χ0v) is 20.6. The van der Waals surface area contributed by atoms with Crippen molar-refractivity contribution in [3.05, 3.63) is 60.3 Å². The molecular formula is C26H29N3O5S. The van der Waals surface area contributed by atoms with Crippen molar-refractivity contribution in [2.45, 2.75) is 31.2 Å². The summed E-state index contributed by atoms with van der Waals surface area (Å²) in [5, 5.41) is 1.16. The number of H-pyrrole nitrogens is 1. The van der Waals surface area contributed by atoms with Crippen LogP contribution >= 0.6 is 0 Å². The maximum Gasteiger partial charge on any atom is 0.241 e. The van der Waals surface area contributed by atoms with Crippen LogP contribution in [-0.2, 0) is 14.8 Å². The highest BCUT2D eigenvalue weighted by atomic mass is 32.2. The molecule has 0 spiro atoms. The van der Waals surface area contributed by atoms with Crippen molar-refractivity contribution in [1.82, 2.24) is 14.6 Å². The molecule has 35 heavy (non-hydrogen) atoms. The topological polar surface area (TPSA) is 101 Å². The Hall–Kier alpha value is -3.30. The number of ether oxygens (including phenoxy) is 2. The monoisotopic (exact) mass is 495 g/mol. The molecule has 1 unspecified atom stereocenters. The Morgan fingerprint density at radius 2 is 1.86 bits per heavy atom. The summed E-state index contributed by atoms with van der Waals surface area (Å²) in [5.74, 6) is 0.444. The maximum atomic E-state index is 13.4. The molecule has 8 nitrogen and oxygen atoms in total. The molecule has 0 bridgehead atoms. The number of aromatic amines is 1.